The lowest BCUT2D eigenvalue weighted by atomic mass is 9.83. The Labute approximate surface area is 220 Å². The summed E-state index contributed by atoms with van der Waals surface area (Å²) in [6.45, 7) is 1.33. The van der Waals surface area contributed by atoms with Gasteiger partial charge in [0.05, 0.1) is 21.2 Å². The number of hydrogen-bond acceptors (Lipinski definition) is 7. The second-order valence-electron chi connectivity index (χ2n) is 9.10. The molecule has 2 aliphatic rings. The predicted molar refractivity (Wildman–Crippen MR) is 144 cm³/mol. The second kappa shape index (κ2) is 9.35. The standard InChI is InChI=1S/C29H21N3O5S/c1-17(33)37-24-12-5-3-8-19(24)16-25-28(34)31-27(20-9-6-10-21(15-20)32(35)36)23-14-13-18-7-2-4-11-22(18)26(23)30-29(31)38-25/h2-12,15-16,27H,13-14H2,1H3/b25-16+/t27-/m0/s1. The molecule has 0 fully saturated rings. The summed E-state index contributed by atoms with van der Waals surface area (Å²) < 4.78 is 7.39. The predicted octanol–water partition coefficient (Wildman–Crippen LogP) is 4.15. The number of carbonyl (C=O) groups is 1. The summed E-state index contributed by atoms with van der Waals surface area (Å²) in [6, 6.07) is 21.0. The van der Waals surface area contributed by atoms with Crippen LogP contribution in [-0.2, 0) is 11.2 Å². The Bertz CT molecular complexity index is 1850. The lowest BCUT2D eigenvalue weighted by Gasteiger charge is -2.30. The maximum Gasteiger partial charge on any atom is 0.308 e. The zero-order valence-electron chi connectivity index (χ0n) is 20.3. The van der Waals surface area contributed by atoms with Gasteiger partial charge in [-0.3, -0.25) is 24.3 Å². The number of nitro groups is 1. The number of aryl methyl sites for hydroxylation is 1. The van der Waals surface area contributed by atoms with Crippen LogP contribution in [0.4, 0.5) is 5.69 Å². The number of thiazole rings is 1. The van der Waals surface area contributed by atoms with Gasteiger partial charge in [0.15, 0.2) is 4.80 Å². The van der Waals surface area contributed by atoms with Crippen LogP contribution in [0.3, 0.4) is 0 Å². The first-order valence-electron chi connectivity index (χ1n) is 12.1. The van der Waals surface area contributed by atoms with Crippen LogP contribution in [0.15, 0.2) is 88.2 Å². The molecule has 38 heavy (non-hydrogen) atoms. The molecule has 1 atom stereocenters. The molecule has 2 heterocycles. The summed E-state index contributed by atoms with van der Waals surface area (Å²) in [6.07, 6.45) is 3.17. The topological polar surface area (TPSA) is 104 Å². The molecule has 3 aromatic carbocycles. The highest BCUT2D eigenvalue weighted by Crippen LogP contribution is 2.41. The molecule has 0 unspecified atom stereocenters. The van der Waals surface area contributed by atoms with E-state index >= 15 is 0 Å². The molecule has 1 aliphatic heterocycles. The zero-order valence-corrected chi connectivity index (χ0v) is 21.1. The number of ether oxygens (including phenoxy) is 1. The van der Waals surface area contributed by atoms with Crippen molar-refractivity contribution in [1.82, 2.24) is 4.57 Å². The van der Waals surface area contributed by atoms with E-state index in [2.05, 4.69) is 6.07 Å². The fourth-order valence-electron chi connectivity index (χ4n) is 5.12. The summed E-state index contributed by atoms with van der Waals surface area (Å²) >= 11 is 1.24. The van der Waals surface area contributed by atoms with E-state index in [1.807, 2.05) is 24.3 Å². The number of benzene rings is 3. The number of para-hydroxylation sites is 1. The molecule has 188 valence electrons. The Kier molecular flexibility index (Phi) is 5.84. The van der Waals surface area contributed by atoms with Gasteiger partial charge in [-0.1, -0.05) is 65.9 Å². The van der Waals surface area contributed by atoms with Gasteiger partial charge in [-0.25, -0.2) is 4.99 Å². The number of nitro benzene ring substituents is 1. The molecule has 0 N–H and O–H groups in total. The number of hydrogen-bond donors (Lipinski definition) is 0. The number of fused-ring (bicyclic) bond motifs is 3. The van der Waals surface area contributed by atoms with Crippen molar-refractivity contribution in [2.45, 2.75) is 25.8 Å². The molecule has 0 bridgehead atoms. The minimum absolute atomic E-state index is 0.0321. The van der Waals surface area contributed by atoms with Gasteiger partial charge in [0.25, 0.3) is 11.2 Å². The molecule has 0 saturated heterocycles. The second-order valence-corrected chi connectivity index (χ2v) is 10.1. The molecule has 8 nitrogen and oxygen atoms in total. The summed E-state index contributed by atoms with van der Waals surface area (Å²) in [5, 5.41) is 11.6. The SMILES string of the molecule is CC(=O)Oc1ccccc1/C=c1/sc2n(c1=O)[C@@H](c1cccc([N+](=O)[O-])c1)C1=C(N=2)c2ccccc2CC1. The fraction of sp³-hybridized carbons (Fsp3) is 0.138. The molecular weight excluding hydrogens is 502 g/mol. The van der Waals surface area contributed by atoms with Crippen molar-refractivity contribution >= 4 is 34.8 Å². The highest BCUT2D eigenvalue weighted by Gasteiger charge is 2.33. The fourth-order valence-corrected chi connectivity index (χ4v) is 6.11. The highest BCUT2D eigenvalue weighted by molar-refractivity contribution is 7.07. The van der Waals surface area contributed by atoms with E-state index in [9.17, 15) is 19.7 Å². The molecule has 0 radical (unpaired) electrons. The van der Waals surface area contributed by atoms with Gasteiger partial charge in [0, 0.05) is 30.2 Å². The minimum atomic E-state index is -0.527. The quantitative estimate of drug-likeness (QED) is 0.173. The van der Waals surface area contributed by atoms with Crippen LogP contribution >= 0.6 is 11.3 Å². The number of rotatable bonds is 4. The lowest BCUT2D eigenvalue weighted by molar-refractivity contribution is -0.384. The van der Waals surface area contributed by atoms with Gasteiger partial charge in [-0.2, -0.15) is 0 Å². The van der Waals surface area contributed by atoms with Crippen LogP contribution in [-0.4, -0.2) is 15.5 Å². The first kappa shape index (κ1) is 23.7. The van der Waals surface area contributed by atoms with Crippen LogP contribution in [0.25, 0.3) is 11.8 Å². The van der Waals surface area contributed by atoms with Gasteiger partial charge in [0.1, 0.15) is 5.75 Å². The normalized spacial score (nSPS) is 16.2. The van der Waals surface area contributed by atoms with Crippen LogP contribution in [0.5, 0.6) is 5.75 Å². The molecule has 1 aromatic heterocycles. The first-order chi connectivity index (χ1) is 18.4. The van der Waals surface area contributed by atoms with Crippen LogP contribution in [0.1, 0.15) is 41.6 Å². The van der Waals surface area contributed by atoms with Crippen molar-refractivity contribution in [3.05, 3.63) is 130 Å². The third kappa shape index (κ3) is 4.06. The van der Waals surface area contributed by atoms with E-state index in [1.54, 1.807) is 41.0 Å². The number of aromatic nitrogens is 1. The molecule has 1 aliphatic carbocycles. The van der Waals surface area contributed by atoms with Gasteiger partial charge < -0.3 is 4.74 Å². The van der Waals surface area contributed by atoms with Crippen molar-refractivity contribution in [2.24, 2.45) is 4.99 Å². The van der Waals surface area contributed by atoms with E-state index in [-0.39, 0.29) is 11.2 Å². The van der Waals surface area contributed by atoms with Gasteiger partial charge in [-0.15, -0.1) is 0 Å². The smallest absolute Gasteiger partial charge is 0.308 e. The van der Waals surface area contributed by atoms with Crippen molar-refractivity contribution < 1.29 is 14.5 Å². The largest absolute Gasteiger partial charge is 0.426 e. The van der Waals surface area contributed by atoms with E-state index in [0.29, 0.717) is 32.6 Å². The average molecular weight is 524 g/mol. The van der Waals surface area contributed by atoms with Crippen molar-refractivity contribution in [2.75, 3.05) is 0 Å². The molecule has 0 amide bonds. The third-order valence-corrected chi connectivity index (χ3v) is 7.71. The van der Waals surface area contributed by atoms with E-state index in [0.717, 1.165) is 23.3 Å². The molecule has 4 aromatic rings. The highest BCUT2D eigenvalue weighted by atomic mass is 32.1. The lowest BCUT2D eigenvalue weighted by Crippen LogP contribution is -2.38. The Morgan fingerprint density at radius 1 is 1.11 bits per heavy atom. The van der Waals surface area contributed by atoms with E-state index < -0.39 is 16.9 Å². The molecule has 9 heteroatoms. The molecule has 0 spiro atoms. The van der Waals surface area contributed by atoms with Crippen molar-refractivity contribution in [3.63, 3.8) is 0 Å². The molecular formula is C29H21N3O5S. The van der Waals surface area contributed by atoms with Crippen molar-refractivity contribution in [1.29, 1.82) is 0 Å². The van der Waals surface area contributed by atoms with Gasteiger partial charge >= 0.3 is 5.97 Å². The number of allylic oxidation sites excluding steroid dienone is 1. The van der Waals surface area contributed by atoms with E-state index in [1.165, 1.54) is 36.0 Å². The Morgan fingerprint density at radius 2 is 1.89 bits per heavy atom. The van der Waals surface area contributed by atoms with Gasteiger partial charge in [-0.05, 0) is 41.7 Å². The first-order valence-corrected chi connectivity index (χ1v) is 12.9. The van der Waals surface area contributed by atoms with Crippen LogP contribution in [0, 0.1) is 10.1 Å². The Morgan fingerprint density at radius 3 is 2.71 bits per heavy atom. The third-order valence-electron chi connectivity index (χ3n) is 6.73. The van der Waals surface area contributed by atoms with Gasteiger partial charge in [0.2, 0.25) is 0 Å². The maximum atomic E-state index is 13.9. The van der Waals surface area contributed by atoms with Crippen molar-refractivity contribution in [3.8, 4) is 5.75 Å². The van der Waals surface area contributed by atoms with E-state index in [4.69, 9.17) is 9.73 Å². The summed E-state index contributed by atoms with van der Waals surface area (Å²) in [7, 11) is 0. The minimum Gasteiger partial charge on any atom is -0.426 e. The summed E-state index contributed by atoms with van der Waals surface area (Å²) in [4.78, 5) is 42.1. The number of nitrogens with zero attached hydrogens (tertiary/aromatic N) is 3. The van der Waals surface area contributed by atoms with Crippen LogP contribution < -0.4 is 19.6 Å². The maximum absolute atomic E-state index is 13.9. The summed E-state index contributed by atoms with van der Waals surface area (Å²) in [5.74, 6) is -0.0985. The summed E-state index contributed by atoms with van der Waals surface area (Å²) in [5.41, 5.74) is 4.94. The Hall–Kier alpha value is -4.63. The zero-order chi connectivity index (χ0) is 26.4. The Balaban J connectivity index is 1.61. The molecule has 6 rings (SSSR count). The monoisotopic (exact) mass is 523 g/mol. The van der Waals surface area contributed by atoms with Crippen LogP contribution in [0.2, 0.25) is 0 Å². The number of non-ortho nitro benzene ring substituents is 1. The number of esters is 1. The average Bonchev–Trinajstić information content (AvgIpc) is 3.22. The number of carbonyl (C=O) groups excluding carboxylic acids is 1. The molecule has 0 saturated carbocycles.